The van der Waals surface area contributed by atoms with Crippen LogP contribution in [0.25, 0.3) is 11.1 Å². The van der Waals surface area contributed by atoms with Gasteiger partial charge in [0.05, 0.1) is 6.61 Å². The van der Waals surface area contributed by atoms with Crippen LogP contribution in [0.5, 0.6) is 0 Å². The highest BCUT2D eigenvalue weighted by Crippen LogP contribution is 2.42. The largest absolute Gasteiger partial charge is 0.461 e. The first kappa shape index (κ1) is 17.5. The lowest BCUT2D eigenvalue weighted by atomic mass is 9.84. The second-order valence-electron chi connectivity index (χ2n) is 5.93. The summed E-state index contributed by atoms with van der Waals surface area (Å²) in [5, 5.41) is 0. The van der Waals surface area contributed by atoms with E-state index >= 15 is 0 Å². The van der Waals surface area contributed by atoms with Crippen LogP contribution in [-0.4, -0.2) is 17.6 Å². The molecular formula is C19H18F3NO2. The summed E-state index contributed by atoms with van der Waals surface area (Å²) in [6.07, 6.45) is -2.01. The van der Waals surface area contributed by atoms with Crippen LogP contribution < -0.4 is 0 Å². The Balaban J connectivity index is 2.32. The zero-order chi connectivity index (χ0) is 18.0. The van der Waals surface area contributed by atoms with E-state index in [1.165, 1.54) is 0 Å². The molecule has 1 aromatic heterocycles. The van der Waals surface area contributed by atoms with E-state index in [9.17, 15) is 18.0 Å². The summed E-state index contributed by atoms with van der Waals surface area (Å²) >= 11 is 0. The van der Waals surface area contributed by atoms with Gasteiger partial charge in [-0.15, -0.1) is 0 Å². The number of ether oxygens (including phenoxy) is 1. The smallest absolute Gasteiger partial charge is 0.433 e. The Morgan fingerprint density at radius 1 is 1.12 bits per heavy atom. The zero-order valence-corrected chi connectivity index (χ0v) is 13.8. The van der Waals surface area contributed by atoms with Crippen LogP contribution in [0.3, 0.4) is 0 Å². The van der Waals surface area contributed by atoms with E-state index in [0.717, 1.165) is 12.8 Å². The molecule has 0 saturated heterocycles. The van der Waals surface area contributed by atoms with Crippen molar-refractivity contribution in [3.63, 3.8) is 0 Å². The molecule has 1 aliphatic carbocycles. The number of alkyl halides is 3. The first-order valence-electron chi connectivity index (χ1n) is 8.29. The van der Waals surface area contributed by atoms with Crippen LogP contribution >= 0.6 is 0 Å². The number of benzene rings is 1. The van der Waals surface area contributed by atoms with Gasteiger partial charge in [-0.2, -0.15) is 13.2 Å². The fourth-order valence-corrected chi connectivity index (χ4v) is 3.31. The van der Waals surface area contributed by atoms with Gasteiger partial charge in [0.15, 0.2) is 11.4 Å². The highest BCUT2D eigenvalue weighted by Gasteiger charge is 2.40. The van der Waals surface area contributed by atoms with Crippen LogP contribution in [0, 0.1) is 0 Å². The Labute approximate surface area is 143 Å². The quantitative estimate of drug-likeness (QED) is 0.746. The molecule has 0 aliphatic heterocycles. The number of hydrogen-bond acceptors (Lipinski definition) is 3. The van der Waals surface area contributed by atoms with Gasteiger partial charge in [-0.3, -0.25) is 0 Å². The van der Waals surface area contributed by atoms with Gasteiger partial charge in [0.25, 0.3) is 0 Å². The van der Waals surface area contributed by atoms with Crippen molar-refractivity contribution in [2.24, 2.45) is 0 Å². The molecule has 25 heavy (non-hydrogen) atoms. The monoisotopic (exact) mass is 349 g/mol. The van der Waals surface area contributed by atoms with Gasteiger partial charge < -0.3 is 4.74 Å². The van der Waals surface area contributed by atoms with Gasteiger partial charge in [0, 0.05) is 5.56 Å². The third kappa shape index (κ3) is 3.38. The van der Waals surface area contributed by atoms with Gasteiger partial charge in [-0.25, -0.2) is 9.78 Å². The molecule has 0 N–H and O–H groups in total. The van der Waals surface area contributed by atoms with Crippen molar-refractivity contribution in [2.45, 2.75) is 38.8 Å². The summed E-state index contributed by atoms with van der Waals surface area (Å²) in [7, 11) is 0. The standard InChI is InChI=1S/C19H18F3NO2/c1-2-25-18(24)16-14-11-7-6-10-13(14)15(12-8-4-3-5-9-12)17(23-16)19(20,21)22/h3-5,8-9H,2,6-7,10-11H2,1H3. The number of nitrogens with zero attached hydrogens (tertiary/aromatic N) is 1. The number of halogens is 3. The Kier molecular flexibility index (Phi) is 4.79. The summed E-state index contributed by atoms with van der Waals surface area (Å²) in [5.74, 6) is -0.786. The Morgan fingerprint density at radius 2 is 1.76 bits per heavy atom. The first-order valence-corrected chi connectivity index (χ1v) is 8.29. The van der Waals surface area contributed by atoms with E-state index in [0.29, 0.717) is 29.5 Å². The molecule has 0 saturated carbocycles. The molecule has 1 aromatic carbocycles. The van der Waals surface area contributed by atoms with Gasteiger partial charge in [-0.1, -0.05) is 30.3 Å². The fourth-order valence-electron chi connectivity index (χ4n) is 3.31. The Bertz CT molecular complexity index is 785. The summed E-state index contributed by atoms with van der Waals surface area (Å²) in [6.45, 7) is 1.71. The molecule has 2 aromatic rings. The second-order valence-corrected chi connectivity index (χ2v) is 5.93. The van der Waals surface area contributed by atoms with Crippen molar-refractivity contribution in [3.8, 4) is 11.1 Å². The topological polar surface area (TPSA) is 39.2 Å². The predicted molar refractivity (Wildman–Crippen MR) is 87.3 cm³/mol. The van der Waals surface area contributed by atoms with Crippen LogP contribution in [0.15, 0.2) is 30.3 Å². The van der Waals surface area contributed by atoms with E-state index < -0.39 is 17.8 Å². The maximum absolute atomic E-state index is 13.7. The molecule has 3 nitrogen and oxygen atoms in total. The number of hydrogen-bond donors (Lipinski definition) is 0. The Hall–Kier alpha value is -2.37. The van der Waals surface area contributed by atoms with Gasteiger partial charge in [-0.05, 0) is 49.3 Å². The average Bonchev–Trinajstić information content (AvgIpc) is 2.60. The fraction of sp³-hybridized carbons (Fsp3) is 0.368. The van der Waals surface area contributed by atoms with E-state index in [4.69, 9.17) is 4.74 Å². The van der Waals surface area contributed by atoms with Gasteiger partial charge in [0.1, 0.15) is 0 Å². The molecule has 1 aliphatic rings. The average molecular weight is 349 g/mol. The molecule has 132 valence electrons. The normalized spacial score (nSPS) is 14.1. The maximum Gasteiger partial charge on any atom is 0.433 e. The Morgan fingerprint density at radius 3 is 2.36 bits per heavy atom. The number of carbonyl (C=O) groups excluding carboxylic acids is 1. The van der Waals surface area contributed by atoms with Crippen LogP contribution in [0.2, 0.25) is 0 Å². The molecule has 0 bridgehead atoms. The molecule has 3 rings (SSSR count). The molecule has 0 fully saturated rings. The second kappa shape index (κ2) is 6.86. The van der Waals surface area contributed by atoms with Crippen LogP contribution in [-0.2, 0) is 23.8 Å². The lowest BCUT2D eigenvalue weighted by molar-refractivity contribution is -0.140. The maximum atomic E-state index is 13.7. The molecule has 0 radical (unpaired) electrons. The minimum atomic E-state index is -4.65. The van der Waals surface area contributed by atoms with Crippen molar-refractivity contribution in [1.82, 2.24) is 4.98 Å². The number of fused-ring (bicyclic) bond motifs is 1. The SMILES string of the molecule is CCOC(=O)c1nc(C(F)(F)F)c(-c2ccccc2)c2c1CCCC2. The highest BCUT2D eigenvalue weighted by molar-refractivity contribution is 5.91. The summed E-state index contributed by atoms with van der Waals surface area (Å²) in [4.78, 5) is 15.9. The number of esters is 1. The van der Waals surface area contributed by atoms with Crippen molar-refractivity contribution >= 4 is 5.97 Å². The number of aromatic nitrogens is 1. The van der Waals surface area contributed by atoms with E-state index in [1.807, 2.05) is 0 Å². The summed E-state index contributed by atoms with van der Waals surface area (Å²) < 4.78 is 46.1. The molecule has 1 heterocycles. The third-order valence-corrected chi connectivity index (χ3v) is 4.32. The van der Waals surface area contributed by atoms with Gasteiger partial charge in [0.2, 0.25) is 0 Å². The third-order valence-electron chi connectivity index (χ3n) is 4.32. The van der Waals surface area contributed by atoms with E-state index in [1.54, 1.807) is 37.3 Å². The number of carbonyl (C=O) groups is 1. The van der Waals surface area contributed by atoms with Crippen LogP contribution in [0.4, 0.5) is 13.2 Å². The van der Waals surface area contributed by atoms with Crippen molar-refractivity contribution in [3.05, 3.63) is 52.8 Å². The predicted octanol–water partition coefficient (Wildman–Crippen LogP) is 4.82. The van der Waals surface area contributed by atoms with Crippen LogP contribution in [0.1, 0.15) is 47.1 Å². The number of rotatable bonds is 3. The molecule has 0 atom stereocenters. The molecular weight excluding hydrogens is 331 g/mol. The molecule has 0 unspecified atom stereocenters. The van der Waals surface area contributed by atoms with Crippen molar-refractivity contribution < 1.29 is 22.7 Å². The van der Waals surface area contributed by atoms with E-state index in [2.05, 4.69) is 4.98 Å². The summed E-state index contributed by atoms with van der Waals surface area (Å²) in [5.41, 5.74) is 0.525. The highest BCUT2D eigenvalue weighted by atomic mass is 19.4. The van der Waals surface area contributed by atoms with E-state index in [-0.39, 0.29) is 17.9 Å². The minimum Gasteiger partial charge on any atom is -0.461 e. The number of pyridine rings is 1. The lowest BCUT2D eigenvalue weighted by Crippen LogP contribution is -2.22. The lowest BCUT2D eigenvalue weighted by Gasteiger charge is -2.25. The molecule has 0 spiro atoms. The zero-order valence-electron chi connectivity index (χ0n) is 13.8. The van der Waals surface area contributed by atoms with Crippen molar-refractivity contribution in [2.75, 3.05) is 6.61 Å². The molecule has 6 heteroatoms. The van der Waals surface area contributed by atoms with Gasteiger partial charge >= 0.3 is 12.1 Å². The summed E-state index contributed by atoms with van der Waals surface area (Å²) in [6, 6.07) is 8.44. The molecule has 0 amide bonds. The first-order chi connectivity index (χ1) is 11.9. The minimum absolute atomic E-state index is 0.0934. The van der Waals surface area contributed by atoms with Crippen molar-refractivity contribution in [1.29, 1.82) is 0 Å².